The quantitative estimate of drug-likeness (QED) is 0.581. The highest BCUT2D eigenvalue weighted by Crippen LogP contribution is 2.32. The molecule has 0 saturated carbocycles. The molecular weight excluding hydrogens is 390 g/mol. The lowest BCUT2D eigenvalue weighted by molar-refractivity contribution is 0.0746. The molecule has 3 aromatic rings. The molecule has 146 valence electrons. The zero-order chi connectivity index (χ0) is 19.5. The normalized spacial score (nSPS) is 14.5. The number of fused-ring (bicyclic) bond motifs is 1. The Balaban J connectivity index is 1.43. The van der Waals surface area contributed by atoms with Crippen molar-refractivity contribution >= 4 is 44.4 Å². The number of anilines is 1. The van der Waals surface area contributed by atoms with Crippen LogP contribution in [0.1, 0.15) is 17.3 Å². The van der Waals surface area contributed by atoms with Crippen molar-refractivity contribution in [3.05, 3.63) is 48.0 Å². The van der Waals surface area contributed by atoms with Crippen molar-refractivity contribution in [2.24, 2.45) is 0 Å². The van der Waals surface area contributed by atoms with Gasteiger partial charge in [0, 0.05) is 36.6 Å². The van der Waals surface area contributed by atoms with Crippen LogP contribution < -0.4 is 9.64 Å². The molecule has 2 heterocycles. The summed E-state index contributed by atoms with van der Waals surface area (Å²) >= 11 is 3.44. The van der Waals surface area contributed by atoms with Gasteiger partial charge in [-0.1, -0.05) is 24.3 Å². The maximum Gasteiger partial charge on any atom is 0.254 e. The minimum absolute atomic E-state index is 0.118. The number of amides is 1. The first kappa shape index (κ1) is 19.1. The first-order chi connectivity index (χ1) is 13.7. The van der Waals surface area contributed by atoms with Gasteiger partial charge in [0.2, 0.25) is 0 Å². The van der Waals surface area contributed by atoms with Crippen LogP contribution in [0.2, 0.25) is 0 Å². The molecule has 0 unspecified atom stereocenters. The van der Waals surface area contributed by atoms with Crippen LogP contribution in [0.4, 0.5) is 5.13 Å². The number of hydrogen-bond donors (Lipinski definition) is 0. The van der Waals surface area contributed by atoms with E-state index in [-0.39, 0.29) is 5.91 Å². The van der Waals surface area contributed by atoms with Crippen molar-refractivity contribution in [3.8, 4) is 5.75 Å². The lowest BCUT2D eigenvalue weighted by Crippen LogP contribution is -2.48. The minimum Gasteiger partial charge on any atom is -0.497 e. The molecule has 1 aromatic heterocycles. The summed E-state index contributed by atoms with van der Waals surface area (Å²) in [5.41, 5.74) is 1.77. The Morgan fingerprint density at radius 2 is 2.00 bits per heavy atom. The summed E-state index contributed by atoms with van der Waals surface area (Å²) < 4.78 is 6.43. The highest BCUT2D eigenvalue weighted by molar-refractivity contribution is 7.99. The molecule has 0 spiro atoms. The molecule has 0 N–H and O–H groups in total. The van der Waals surface area contributed by atoms with E-state index in [1.54, 1.807) is 30.2 Å². The number of rotatable bonds is 5. The van der Waals surface area contributed by atoms with Crippen LogP contribution >= 0.6 is 23.1 Å². The highest BCUT2D eigenvalue weighted by atomic mass is 32.2. The Morgan fingerprint density at radius 3 is 2.75 bits per heavy atom. The van der Waals surface area contributed by atoms with Gasteiger partial charge in [0.05, 0.1) is 17.3 Å². The SMILES string of the molecule is CCSc1cccc(C(=O)N2CCN(c3nc4ccc(OC)cc4s3)CC2)c1. The number of hydrogen-bond acceptors (Lipinski definition) is 6. The van der Waals surface area contributed by atoms with Crippen LogP contribution in [0.25, 0.3) is 10.2 Å². The summed E-state index contributed by atoms with van der Waals surface area (Å²) in [4.78, 5) is 23.0. The first-order valence-electron chi connectivity index (χ1n) is 9.39. The third-order valence-corrected chi connectivity index (χ3v) is 6.77. The molecule has 0 bridgehead atoms. The van der Waals surface area contributed by atoms with Crippen LogP contribution in [-0.4, -0.2) is 54.8 Å². The maximum atomic E-state index is 12.9. The molecule has 2 aromatic carbocycles. The number of thiazole rings is 1. The molecule has 4 rings (SSSR count). The molecule has 1 saturated heterocycles. The predicted molar refractivity (Wildman–Crippen MR) is 117 cm³/mol. The average Bonchev–Trinajstić information content (AvgIpc) is 3.17. The van der Waals surface area contributed by atoms with Crippen LogP contribution in [0, 0.1) is 0 Å². The molecule has 1 aliphatic rings. The Bertz CT molecular complexity index is 981. The lowest BCUT2D eigenvalue weighted by Gasteiger charge is -2.34. The number of carbonyl (C=O) groups is 1. The van der Waals surface area contributed by atoms with E-state index in [2.05, 4.69) is 17.9 Å². The fourth-order valence-electron chi connectivity index (χ4n) is 3.32. The average molecular weight is 414 g/mol. The number of methoxy groups -OCH3 is 1. The number of benzene rings is 2. The van der Waals surface area contributed by atoms with Gasteiger partial charge in [0.1, 0.15) is 5.75 Å². The summed E-state index contributed by atoms with van der Waals surface area (Å²) in [6.45, 7) is 5.14. The van der Waals surface area contributed by atoms with Crippen LogP contribution in [0.15, 0.2) is 47.4 Å². The molecule has 0 aliphatic carbocycles. The van der Waals surface area contributed by atoms with E-state index in [0.29, 0.717) is 13.1 Å². The third-order valence-electron chi connectivity index (χ3n) is 4.81. The molecule has 5 nitrogen and oxygen atoms in total. The molecule has 0 atom stereocenters. The van der Waals surface area contributed by atoms with Crippen molar-refractivity contribution in [1.29, 1.82) is 0 Å². The van der Waals surface area contributed by atoms with Crippen molar-refractivity contribution in [2.75, 3.05) is 43.9 Å². The smallest absolute Gasteiger partial charge is 0.254 e. The topological polar surface area (TPSA) is 45.7 Å². The zero-order valence-electron chi connectivity index (χ0n) is 16.1. The van der Waals surface area contributed by atoms with Gasteiger partial charge in [0.15, 0.2) is 5.13 Å². The van der Waals surface area contributed by atoms with E-state index >= 15 is 0 Å². The number of thioether (sulfide) groups is 1. The Labute approximate surface area is 173 Å². The second-order valence-corrected chi connectivity index (χ2v) is 8.92. The minimum atomic E-state index is 0.118. The predicted octanol–water partition coefficient (Wildman–Crippen LogP) is 4.38. The first-order valence-corrected chi connectivity index (χ1v) is 11.2. The fourth-order valence-corrected chi connectivity index (χ4v) is 5.09. The highest BCUT2D eigenvalue weighted by Gasteiger charge is 2.24. The van der Waals surface area contributed by atoms with Crippen molar-refractivity contribution in [3.63, 3.8) is 0 Å². The Hall–Kier alpha value is -2.25. The van der Waals surface area contributed by atoms with E-state index in [4.69, 9.17) is 9.72 Å². The van der Waals surface area contributed by atoms with Gasteiger partial charge in [-0.05, 0) is 42.2 Å². The third kappa shape index (κ3) is 3.95. The Kier molecular flexibility index (Phi) is 5.73. The van der Waals surface area contributed by atoms with Gasteiger partial charge < -0.3 is 14.5 Å². The maximum absolute atomic E-state index is 12.9. The summed E-state index contributed by atoms with van der Waals surface area (Å²) in [6.07, 6.45) is 0. The number of nitrogens with zero attached hydrogens (tertiary/aromatic N) is 3. The lowest BCUT2D eigenvalue weighted by atomic mass is 10.2. The number of piperazine rings is 1. The van der Waals surface area contributed by atoms with E-state index < -0.39 is 0 Å². The largest absolute Gasteiger partial charge is 0.497 e. The van der Waals surface area contributed by atoms with Gasteiger partial charge in [-0.3, -0.25) is 4.79 Å². The standard InChI is InChI=1S/C21H23N3O2S2/c1-3-27-17-6-4-5-15(13-17)20(25)23-9-11-24(12-10-23)21-22-18-8-7-16(26-2)14-19(18)28-21/h4-8,13-14H,3,9-12H2,1-2H3. The molecular formula is C21H23N3O2S2. The molecule has 1 fully saturated rings. The van der Waals surface area contributed by atoms with Gasteiger partial charge in [0.25, 0.3) is 5.91 Å². The molecule has 0 radical (unpaired) electrons. The van der Waals surface area contributed by atoms with E-state index in [1.165, 1.54) is 0 Å². The van der Waals surface area contributed by atoms with Gasteiger partial charge >= 0.3 is 0 Å². The van der Waals surface area contributed by atoms with E-state index in [1.807, 2.05) is 41.3 Å². The van der Waals surface area contributed by atoms with E-state index in [9.17, 15) is 4.79 Å². The zero-order valence-corrected chi connectivity index (χ0v) is 17.7. The molecule has 7 heteroatoms. The molecule has 1 aliphatic heterocycles. The van der Waals surface area contributed by atoms with Crippen molar-refractivity contribution < 1.29 is 9.53 Å². The van der Waals surface area contributed by atoms with Gasteiger partial charge in [-0.25, -0.2) is 4.98 Å². The van der Waals surface area contributed by atoms with Crippen LogP contribution in [-0.2, 0) is 0 Å². The van der Waals surface area contributed by atoms with Crippen LogP contribution in [0.5, 0.6) is 5.75 Å². The van der Waals surface area contributed by atoms with Crippen LogP contribution in [0.3, 0.4) is 0 Å². The van der Waals surface area contributed by atoms with Gasteiger partial charge in [-0.15, -0.1) is 11.8 Å². The number of aromatic nitrogens is 1. The van der Waals surface area contributed by atoms with Crippen molar-refractivity contribution in [1.82, 2.24) is 9.88 Å². The molecule has 28 heavy (non-hydrogen) atoms. The second kappa shape index (κ2) is 8.41. The van der Waals surface area contributed by atoms with Gasteiger partial charge in [-0.2, -0.15) is 0 Å². The fraction of sp³-hybridized carbons (Fsp3) is 0.333. The number of carbonyl (C=O) groups excluding carboxylic acids is 1. The van der Waals surface area contributed by atoms with Crippen molar-refractivity contribution in [2.45, 2.75) is 11.8 Å². The summed E-state index contributed by atoms with van der Waals surface area (Å²) in [7, 11) is 1.68. The summed E-state index contributed by atoms with van der Waals surface area (Å²) in [6, 6.07) is 13.9. The summed E-state index contributed by atoms with van der Waals surface area (Å²) in [5, 5.41) is 1.01. The second-order valence-electron chi connectivity index (χ2n) is 6.57. The van der Waals surface area contributed by atoms with E-state index in [0.717, 1.165) is 50.4 Å². The number of ether oxygens (including phenoxy) is 1. The monoisotopic (exact) mass is 413 g/mol. The Morgan fingerprint density at radius 1 is 1.18 bits per heavy atom. The summed E-state index contributed by atoms with van der Waals surface area (Å²) in [5.74, 6) is 1.97. The molecule has 1 amide bonds.